The molecule has 0 unspecified atom stereocenters. The van der Waals surface area contributed by atoms with E-state index in [1.807, 2.05) is 0 Å². The molecule has 0 saturated carbocycles. The predicted octanol–water partition coefficient (Wildman–Crippen LogP) is 0.367. The van der Waals surface area contributed by atoms with Crippen LogP contribution in [0.15, 0.2) is 48.5 Å². The minimum atomic E-state index is -4.68. The number of carbonyl (C=O) groups is 3. The zero-order valence-electron chi connectivity index (χ0n) is 19.8. The number of nitrogens with one attached hydrogen (secondary N) is 1. The van der Waals surface area contributed by atoms with Crippen LogP contribution in [-0.4, -0.2) is 75.3 Å². The first kappa shape index (κ1) is 28.9. The second-order valence-corrected chi connectivity index (χ2v) is 9.09. The number of nitrogens with zero attached hydrogens (tertiary/aromatic N) is 1. The van der Waals surface area contributed by atoms with Crippen molar-refractivity contribution in [1.29, 1.82) is 0 Å². The summed E-state index contributed by atoms with van der Waals surface area (Å²) in [6, 6.07) is 12.5. The molecule has 2 aromatic rings. The van der Waals surface area contributed by atoms with E-state index in [1.165, 1.54) is 33.2 Å². The van der Waals surface area contributed by atoms with Gasteiger partial charge in [0.1, 0.15) is 12.7 Å². The number of ketones is 1. The number of phosphoric ester groups is 1. The quantitative estimate of drug-likeness (QED) is 0.178. The first-order valence-electron chi connectivity index (χ1n) is 10.6. The minimum Gasteiger partial charge on any atom is -0.388 e. The predicted molar refractivity (Wildman–Crippen MR) is 128 cm³/mol. The Labute approximate surface area is 208 Å². The average Bonchev–Trinajstić information content (AvgIpc) is 2.88. The number of hydrogen-bond donors (Lipinski definition) is 5. The Bertz CT molecular complexity index is 1190. The third-order valence-corrected chi connectivity index (χ3v) is 6.00. The number of Topliss-reactive ketones (excluding diaryl/α,β-unsaturated/α-hetero) is 1. The van der Waals surface area contributed by atoms with E-state index < -0.39 is 50.3 Å². The summed E-state index contributed by atoms with van der Waals surface area (Å²) in [7, 11) is -2.05. The molecule has 2 amide bonds. The SMILES string of the molecule is CNC(=O)[C@@](C)(C(=O)CO)N(C)C(=O)c1ccc(C#Cc2ccc([C@H](O)COP(=O)(O)O)cc2)cc1. The van der Waals surface area contributed by atoms with Gasteiger partial charge in [-0.15, -0.1) is 0 Å². The van der Waals surface area contributed by atoms with Gasteiger partial charge >= 0.3 is 7.82 Å². The normalized spacial score (nSPS) is 13.5. The molecule has 2 atom stereocenters. The van der Waals surface area contributed by atoms with Gasteiger partial charge in [0.2, 0.25) is 0 Å². The Balaban J connectivity index is 2.13. The van der Waals surface area contributed by atoms with Gasteiger partial charge in [-0.2, -0.15) is 0 Å². The first-order chi connectivity index (χ1) is 16.8. The highest BCUT2D eigenvalue weighted by Crippen LogP contribution is 2.37. The zero-order chi connectivity index (χ0) is 27.1. The standard InChI is InChI=1S/C24H27N2O9P/c1-24(21(29)14-27,23(31)25-2)26(3)22(30)19-12-8-17(9-13-19)5-4-16-6-10-18(11-7-16)20(28)15-35-36(32,33)34/h6-13,20,27-28H,14-15H2,1-3H3,(H,25,31)(H2,32,33,34)/t20-,24-/m1/s1. The van der Waals surface area contributed by atoms with Crippen LogP contribution in [0.1, 0.15) is 40.1 Å². The van der Waals surface area contributed by atoms with Gasteiger partial charge in [-0.3, -0.25) is 18.9 Å². The molecular weight excluding hydrogens is 491 g/mol. The molecule has 0 saturated heterocycles. The summed E-state index contributed by atoms with van der Waals surface area (Å²) in [4.78, 5) is 55.9. The van der Waals surface area contributed by atoms with Crippen molar-refractivity contribution in [1.82, 2.24) is 10.2 Å². The highest BCUT2D eigenvalue weighted by Gasteiger charge is 2.46. The fourth-order valence-corrected chi connectivity index (χ4v) is 3.49. The molecule has 0 aromatic heterocycles. The van der Waals surface area contributed by atoms with Crippen molar-refractivity contribution in [3.8, 4) is 11.8 Å². The van der Waals surface area contributed by atoms with Crippen LogP contribution < -0.4 is 5.32 Å². The lowest BCUT2D eigenvalue weighted by Crippen LogP contribution is -2.62. The number of hydrogen-bond acceptors (Lipinski definition) is 7. The van der Waals surface area contributed by atoms with E-state index in [0.29, 0.717) is 16.7 Å². The molecular formula is C24H27N2O9P. The molecule has 12 heteroatoms. The van der Waals surface area contributed by atoms with Crippen molar-refractivity contribution in [2.75, 3.05) is 27.3 Å². The van der Waals surface area contributed by atoms with Crippen molar-refractivity contribution in [3.05, 3.63) is 70.8 Å². The Morgan fingerprint density at radius 2 is 1.56 bits per heavy atom. The fraction of sp³-hybridized carbons (Fsp3) is 0.292. The number of rotatable bonds is 9. The van der Waals surface area contributed by atoms with Gasteiger partial charge < -0.3 is 30.2 Å². The van der Waals surface area contributed by atoms with Crippen LogP contribution in [0.3, 0.4) is 0 Å². The number of amides is 2. The lowest BCUT2D eigenvalue weighted by Gasteiger charge is -2.35. The van der Waals surface area contributed by atoms with Crippen molar-refractivity contribution < 1.29 is 43.5 Å². The van der Waals surface area contributed by atoms with Crippen LogP contribution in [-0.2, 0) is 18.7 Å². The van der Waals surface area contributed by atoms with E-state index in [4.69, 9.17) is 9.79 Å². The van der Waals surface area contributed by atoms with Crippen LogP contribution in [0.25, 0.3) is 0 Å². The van der Waals surface area contributed by atoms with Crippen molar-refractivity contribution >= 4 is 25.4 Å². The summed E-state index contributed by atoms with van der Waals surface area (Å²) in [5.74, 6) is 3.68. The Kier molecular flexibility index (Phi) is 9.67. The van der Waals surface area contributed by atoms with Crippen molar-refractivity contribution in [2.45, 2.75) is 18.6 Å². The maximum absolute atomic E-state index is 12.9. The fourth-order valence-electron chi connectivity index (χ4n) is 3.15. The monoisotopic (exact) mass is 518 g/mol. The number of phosphoric acid groups is 1. The smallest absolute Gasteiger partial charge is 0.388 e. The van der Waals surface area contributed by atoms with Crippen LogP contribution in [0.5, 0.6) is 0 Å². The number of carbonyl (C=O) groups excluding carboxylic acids is 3. The summed E-state index contributed by atoms with van der Waals surface area (Å²) in [6.45, 7) is -0.208. The molecule has 11 nitrogen and oxygen atoms in total. The van der Waals surface area contributed by atoms with E-state index in [2.05, 4.69) is 21.7 Å². The van der Waals surface area contributed by atoms with E-state index in [9.17, 15) is 29.2 Å². The number of benzene rings is 2. The van der Waals surface area contributed by atoms with Gasteiger partial charge in [-0.25, -0.2) is 4.57 Å². The molecule has 0 heterocycles. The zero-order valence-corrected chi connectivity index (χ0v) is 20.7. The van der Waals surface area contributed by atoms with E-state index in [-0.39, 0.29) is 5.56 Å². The van der Waals surface area contributed by atoms with Crippen molar-refractivity contribution in [2.24, 2.45) is 0 Å². The molecule has 2 aromatic carbocycles. The highest BCUT2D eigenvalue weighted by molar-refractivity contribution is 7.46. The van der Waals surface area contributed by atoms with Gasteiger partial charge in [0.25, 0.3) is 11.8 Å². The summed E-state index contributed by atoms with van der Waals surface area (Å²) >= 11 is 0. The molecule has 0 fully saturated rings. The second-order valence-electron chi connectivity index (χ2n) is 7.85. The highest BCUT2D eigenvalue weighted by atomic mass is 31.2. The number of aliphatic hydroxyl groups is 2. The topological polar surface area (TPSA) is 174 Å². The molecule has 36 heavy (non-hydrogen) atoms. The Hall–Kier alpha value is -3.36. The molecule has 0 aliphatic heterocycles. The molecule has 0 spiro atoms. The van der Waals surface area contributed by atoms with Gasteiger partial charge in [0.05, 0.1) is 6.61 Å². The summed E-state index contributed by atoms with van der Waals surface area (Å²) < 4.78 is 15.0. The molecule has 192 valence electrons. The number of likely N-dealkylation sites (N-methyl/N-ethyl adjacent to an activating group) is 2. The molecule has 0 aliphatic rings. The molecule has 0 radical (unpaired) electrons. The molecule has 2 rings (SSSR count). The molecule has 0 bridgehead atoms. The van der Waals surface area contributed by atoms with Gasteiger partial charge in [-0.05, 0) is 48.9 Å². The summed E-state index contributed by atoms with van der Waals surface area (Å²) in [6.07, 6.45) is -1.22. The van der Waals surface area contributed by atoms with Crippen LogP contribution >= 0.6 is 7.82 Å². The average molecular weight is 518 g/mol. The summed E-state index contributed by atoms with van der Waals surface area (Å²) in [5, 5.41) is 21.6. The molecule has 0 aliphatic carbocycles. The Morgan fingerprint density at radius 3 is 2.00 bits per heavy atom. The van der Waals surface area contributed by atoms with Gasteiger partial charge in [0.15, 0.2) is 11.3 Å². The lowest BCUT2D eigenvalue weighted by molar-refractivity contribution is -0.143. The van der Waals surface area contributed by atoms with Gasteiger partial charge in [0, 0.05) is 30.8 Å². The van der Waals surface area contributed by atoms with Crippen LogP contribution in [0.4, 0.5) is 0 Å². The van der Waals surface area contributed by atoms with E-state index in [0.717, 1.165) is 4.90 Å². The van der Waals surface area contributed by atoms with Crippen LogP contribution in [0, 0.1) is 11.8 Å². The third-order valence-electron chi connectivity index (χ3n) is 5.51. The maximum atomic E-state index is 12.9. The largest absolute Gasteiger partial charge is 0.469 e. The minimum absolute atomic E-state index is 0.208. The van der Waals surface area contributed by atoms with E-state index in [1.54, 1.807) is 36.4 Å². The summed E-state index contributed by atoms with van der Waals surface area (Å²) in [5.41, 5.74) is -0.107. The van der Waals surface area contributed by atoms with Crippen molar-refractivity contribution in [3.63, 3.8) is 0 Å². The third kappa shape index (κ3) is 7.08. The maximum Gasteiger partial charge on any atom is 0.469 e. The lowest BCUT2D eigenvalue weighted by atomic mass is 9.92. The number of aliphatic hydroxyl groups excluding tert-OH is 2. The Morgan fingerprint density at radius 1 is 1.06 bits per heavy atom. The van der Waals surface area contributed by atoms with Crippen LogP contribution in [0.2, 0.25) is 0 Å². The van der Waals surface area contributed by atoms with Gasteiger partial charge in [-0.1, -0.05) is 24.0 Å². The van der Waals surface area contributed by atoms with E-state index >= 15 is 0 Å². The first-order valence-corrected chi connectivity index (χ1v) is 12.1. The molecule has 5 N–H and O–H groups in total. The second kappa shape index (κ2) is 12.1.